The fourth-order valence-corrected chi connectivity index (χ4v) is 11.4. The second kappa shape index (κ2) is 16.2. The Hall–Kier alpha value is -6.09. The van der Waals surface area contributed by atoms with Gasteiger partial charge in [-0.15, -0.1) is 10.2 Å². The second-order valence-corrected chi connectivity index (χ2v) is 19.1. The van der Waals surface area contributed by atoms with Crippen LogP contribution in [0, 0.1) is 0 Å². The topological polar surface area (TPSA) is 166 Å². The lowest BCUT2D eigenvalue weighted by Gasteiger charge is -2.45. The molecule has 2 aromatic carbocycles. The summed E-state index contributed by atoms with van der Waals surface area (Å²) in [5.74, 6) is 0.920. The Balaban J connectivity index is 0.708. The molecule has 0 radical (unpaired) electrons. The zero-order valence-electron chi connectivity index (χ0n) is 36.0. The average molecular weight is 867 g/mol. The van der Waals surface area contributed by atoms with Gasteiger partial charge in [-0.1, -0.05) is 24.3 Å². The van der Waals surface area contributed by atoms with Crippen molar-refractivity contribution in [3.63, 3.8) is 0 Å². The van der Waals surface area contributed by atoms with Gasteiger partial charge in [-0.25, -0.2) is 14.2 Å². The lowest BCUT2D eigenvalue weighted by atomic mass is 9.88. The Bertz CT molecular complexity index is 2610. The van der Waals surface area contributed by atoms with Crippen LogP contribution in [0.2, 0.25) is 0 Å². The minimum absolute atomic E-state index is 0.0494. The number of benzene rings is 2. The molecule has 5 aromatic rings. The molecule has 8 heterocycles. The van der Waals surface area contributed by atoms with E-state index in [4.69, 9.17) is 10.7 Å². The van der Waals surface area contributed by atoms with Crippen LogP contribution in [0.4, 0.5) is 26.4 Å². The fourth-order valence-electron chi connectivity index (χ4n) is 11.4. The Morgan fingerprint density at radius 2 is 1.66 bits per heavy atom. The van der Waals surface area contributed by atoms with Crippen LogP contribution < -0.4 is 20.9 Å². The number of phenols is 1. The number of rotatable bonds is 9. The van der Waals surface area contributed by atoms with Crippen molar-refractivity contribution in [3.8, 4) is 17.0 Å². The molecule has 6 aliphatic rings. The average Bonchev–Trinajstić information content (AvgIpc) is 4.05. The van der Waals surface area contributed by atoms with Crippen LogP contribution in [0.25, 0.3) is 22.3 Å². The maximum Gasteiger partial charge on any atom is 0.328 e. The van der Waals surface area contributed by atoms with E-state index >= 15 is 4.39 Å². The number of nitrogens with zero attached hydrogens (tertiary/aromatic N) is 8. The maximum absolute atomic E-state index is 16.8. The van der Waals surface area contributed by atoms with Crippen molar-refractivity contribution in [1.82, 2.24) is 34.9 Å². The Kier molecular flexibility index (Phi) is 10.3. The van der Waals surface area contributed by atoms with Gasteiger partial charge in [0.15, 0.2) is 5.82 Å². The van der Waals surface area contributed by atoms with E-state index in [2.05, 4.69) is 54.3 Å². The largest absolute Gasteiger partial charge is 0.507 e. The molecule has 1 unspecified atom stereocenters. The molecule has 4 atom stereocenters. The third-order valence-corrected chi connectivity index (χ3v) is 15.1. The number of nitrogens with one attached hydrogen (secondary N) is 1. The Morgan fingerprint density at radius 1 is 0.891 bits per heavy atom. The molecule has 6 fully saturated rings. The number of hydrogen-bond acceptors (Lipinski definition) is 10. The van der Waals surface area contributed by atoms with Crippen LogP contribution in [-0.2, 0) is 4.79 Å². The summed E-state index contributed by atoms with van der Waals surface area (Å²) < 4.78 is 19.2. The first-order valence-corrected chi connectivity index (χ1v) is 23.2. The molecule has 1 aliphatic carbocycles. The number of likely N-dealkylation sites (tertiary alicyclic amines) is 1. The molecule has 1 saturated carbocycles. The number of imide groups is 1. The normalized spacial score (nSPS) is 24.9. The van der Waals surface area contributed by atoms with Crippen molar-refractivity contribution in [3.05, 3.63) is 89.7 Å². The van der Waals surface area contributed by atoms with Crippen LogP contribution in [0.3, 0.4) is 0 Å². The number of aromatic nitrogens is 4. The first-order valence-electron chi connectivity index (χ1n) is 23.2. The molecule has 0 spiro atoms. The van der Waals surface area contributed by atoms with Crippen molar-refractivity contribution < 1.29 is 23.9 Å². The highest BCUT2D eigenvalue weighted by Crippen LogP contribution is 2.48. The zero-order chi connectivity index (χ0) is 43.7. The van der Waals surface area contributed by atoms with Gasteiger partial charge < -0.3 is 25.2 Å². The number of carbonyl (C=O) groups is 3. The monoisotopic (exact) mass is 866 g/mol. The highest BCUT2D eigenvalue weighted by molar-refractivity contribution is 6.06. The number of urea groups is 1. The van der Waals surface area contributed by atoms with Gasteiger partial charge in [0.05, 0.1) is 23.3 Å². The number of amides is 4. The number of nitrogens with two attached hydrogens (primary N) is 1. The number of carbonyl (C=O) groups excluding carboxylic acids is 3. The molecule has 3 aromatic heterocycles. The summed E-state index contributed by atoms with van der Waals surface area (Å²) >= 11 is 0. The molecule has 4 amide bonds. The lowest BCUT2D eigenvalue weighted by Crippen LogP contribution is -2.54. The van der Waals surface area contributed by atoms with Crippen molar-refractivity contribution in [2.75, 3.05) is 54.8 Å². The number of halogens is 1. The standard InChI is InChI=1S/C49H55FN10O4/c50-49(29-60-34-13-14-35(60)23-36(22-34)59-28-40(31-9-10-31)39-24-37(26-52-46(39)59)58-19-15-44(62)53-48(58)64)16-20-56(21-17-49)47(63)32-11-7-30(8-12-32)33-4-3-18-57(27-33)42-25-41(54-55-45(42)51)38-5-1-2-6-43(38)61/h1-2,5-8,11-12,24-26,28,31,33-36,61H,3-4,9-10,13-23,27,29H2,(H2,51,55)(H,53,62,64)/t33-,34-,35+,36?/m0/s1. The van der Waals surface area contributed by atoms with E-state index in [-0.39, 0.29) is 35.9 Å². The third kappa shape index (κ3) is 7.60. The SMILES string of the molecule is Nc1nnc(-c2ccccc2O)cc1N1CCC[C@H](c2ccc(C(=O)N3CCC(F)(CN4[C@@H]5CC[C@H]4CC(n4cc(C6CC6)c6cc(N7CCC(=O)NC7=O)cnc64)C5)CC3)cc2)C1. The van der Waals surface area contributed by atoms with E-state index in [0.717, 1.165) is 86.7 Å². The van der Waals surface area contributed by atoms with Crippen molar-refractivity contribution in [2.45, 2.75) is 106 Å². The lowest BCUT2D eigenvalue weighted by molar-refractivity contribution is -0.120. The molecule has 11 rings (SSSR count). The van der Waals surface area contributed by atoms with Gasteiger partial charge in [-0.3, -0.25) is 24.7 Å². The van der Waals surface area contributed by atoms with Gasteiger partial charge in [0.25, 0.3) is 5.91 Å². The van der Waals surface area contributed by atoms with E-state index in [1.54, 1.807) is 23.2 Å². The van der Waals surface area contributed by atoms with Crippen molar-refractivity contribution in [1.29, 1.82) is 0 Å². The number of piperidine rings is 3. The summed E-state index contributed by atoms with van der Waals surface area (Å²) in [7, 11) is 0. The predicted molar refractivity (Wildman–Crippen MR) is 242 cm³/mol. The Morgan fingerprint density at radius 3 is 2.39 bits per heavy atom. The number of alkyl halides is 1. The third-order valence-electron chi connectivity index (χ3n) is 15.1. The Labute approximate surface area is 371 Å². The molecule has 332 valence electrons. The number of phenolic OH excluding ortho intramolecular Hbond substituents is 1. The molecule has 4 N–H and O–H groups in total. The summed E-state index contributed by atoms with van der Waals surface area (Å²) in [6.07, 6.45) is 13.2. The summed E-state index contributed by atoms with van der Waals surface area (Å²) in [6, 6.07) is 19.4. The highest BCUT2D eigenvalue weighted by Gasteiger charge is 2.47. The summed E-state index contributed by atoms with van der Waals surface area (Å²) in [5.41, 5.74) is 11.7. The molecule has 14 nitrogen and oxygen atoms in total. The van der Waals surface area contributed by atoms with Crippen LogP contribution >= 0.6 is 0 Å². The molecule has 64 heavy (non-hydrogen) atoms. The molecule has 5 aliphatic heterocycles. The van der Waals surface area contributed by atoms with Gasteiger partial charge in [0.1, 0.15) is 17.1 Å². The number of aromatic hydroxyl groups is 1. The number of hydrogen-bond donors (Lipinski definition) is 3. The summed E-state index contributed by atoms with van der Waals surface area (Å²) in [6.45, 7) is 3.11. The number of para-hydroxylation sites is 1. The van der Waals surface area contributed by atoms with Crippen LogP contribution in [0.1, 0.15) is 110 Å². The maximum atomic E-state index is 16.8. The molecule has 5 saturated heterocycles. The van der Waals surface area contributed by atoms with Crippen molar-refractivity contribution >= 4 is 46.1 Å². The number of nitrogen functional groups attached to an aromatic ring is 1. The van der Waals surface area contributed by atoms with E-state index in [9.17, 15) is 19.5 Å². The summed E-state index contributed by atoms with van der Waals surface area (Å²) in [5, 5.41) is 22.4. The number of pyridine rings is 1. The van der Waals surface area contributed by atoms with E-state index in [1.165, 1.54) is 5.56 Å². The molecule has 15 heteroatoms. The zero-order valence-corrected chi connectivity index (χ0v) is 36.0. The first kappa shape index (κ1) is 40.7. The van der Waals surface area contributed by atoms with E-state index in [1.807, 2.05) is 35.2 Å². The van der Waals surface area contributed by atoms with Crippen LogP contribution in [-0.4, -0.2) is 110 Å². The number of anilines is 3. The smallest absolute Gasteiger partial charge is 0.328 e. The van der Waals surface area contributed by atoms with Crippen LogP contribution in [0.15, 0.2) is 73.1 Å². The van der Waals surface area contributed by atoms with Gasteiger partial charge >= 0.3 is 6.03 Å². The van der Waals surface area contributed by atoms with E-state index in [0.29, 0.717) is 85.3 Å². The minimum Gasteiger partial charge on any atom is -0.507 e. The van der Waals surface area contributed by atoms with Gasteiger partial charge in [-0.05, 0) is 105 Å². The fraction of sp³-hybridized carbons (Fsp3) is 0.469. The second-order valence-electron chi connectivity index (χ2n) is 19.1. The summed E-state index contributed by atoms with van der Waals surface area (Å²) in [4.78, 5) is 51.3. The molecule has 2 bridgehead atoms. The van der Waals surface area contributed by atoms with Gasteiger partial charge in [-0.2, -0.15) is 0 Å². The predicted octanol–water partition coefficient (Wildman–Crippen LogP) is 7.30. The quantitative estimate of drug-likeness (QED) is 0.137. The van der Waals surface area contributed by atoms with Crippen molar-refractivity contribution in [2.24, 2.45) is 0 Å². The van der Waals surface area contributed by atoms with Gasteiger partial charge in [0.2, 0.25) is 5.91 Å². The van der Waals surface area contributed by atoms with Gasteiger partial charge in [0, 0.05) is 105 Å². The molecular formula is C49H55FN10O4. The number of fused-ring (bicyclic) bond motifs is 3. The first-order chi connectivity index (χ1) is 31.1. The van der Waals surface area contributed by atoms with E-state index < -0.39 is 11.7 Å². The van der Waals surface area contributed by atoms with Crippen LogP contribution in [0.5, 0.6) is 5.75 Å². The molecular weight excluding hydrogens is 812 g/mol. The minimum atomic E-state index is -1.35. The highest BCUT2D eigenvalue weighted by atomic mass is 19.1.